The Labute approximate surface area is 160 Å². The third kappa shape index (κ3) is 7.01. The number of benzene rings is 2. The van der Waals surface area contributed by atoms with Crippen molar-refractivity contribution in [2.24, 2.45) is 5.10 Å². The molecule has 0 saturated heterocycles. The van der Waals surface area contributed by atoms with Crippen molar-refractivity contribution in [1.29, 1.82) is 0 Å². The predicted molar refractivity (Wildman–Crippen MR) is 107 cm³/mol. The Hall–Kier alpha value is -2.42. The molecule has 27 heavy (non-hydrogen) atoms. The third-order valence-electron chi connectivity index (χ3n) is 4.01. The summed E-state index contributed by atoms with van der Waals surface area (Å²) in [5.74, 6) is 0.813. The van der Waals surface area contributed by atoms with Crippen molar-refractivity contribution < 1.29 is 17.7 Å². The number of nitrogens with zero attached hydrogens (tertiary/aromatic N) is 2. The van der Waals surface area contributed by atoms with E-state index in [4.69, 9.17) is 9.29 Å². The van der Waals surface area contributed by atoms with Crippen molar-refractivity contribution in [2.45, 2.75) is 18.7 Å². The van der Waals surface area contributed by atoms with E-state index < -0.39 is 10.1 Å². The molecule has 2 aromatic carbocycles. The fraction of sp³-hybridized carbons (Fsp3) is 0.316. The van der Waals surface area contributed by atoms with Crippen LogP contribution in [-0.4, -0.2) is 50.3 Å². The lowest BCUT2D eigenvalue weighted by atomic mass is 10.2. The van der Waals surface area contributed by atoms with Crippen LogP contribution in [0, 0.1) is 0 Å². The summed E-state index contributed by atoms with van der Waals surface area (Å²) in [6.07, 6.45) is 1.65. The van der Waals surface area contributed by atoms with E-state index in [-0.39, 0.29) is 4.90 Å². The average Bonchev–Trinajstić information content (AvgIpc) is 2.66. The topological polar surface area (TPSA) is 91.2 Å². The molecule has 2 rings (SSSR count). The number of nitrogens with one attached hydrogen (secondary N) is 1. The summed E-state index contributed by atoms with van der Waals surface area (Å²) in [6.45, 7) is 7.84. The van der Waals surface area contributed by atoms with Gasteiger partial charge in [0.2, 0.25) is 0 Å². The molecule has 0 aliphatic rings. The molecule has 0 unspecified atom stereocenters. The molecule has 0 aliphatic heterocycles. The van der Waals surface area contributed by atoms with E-state index in [1.54, 1.807) is 6.21 Å². The van der Waals surface area contributed by atoms with Gasteiger partial charge in [0, 0.05) is 6.54 Å². The Morgan fingerprint density at radius 3 is 2.26 bits per heavy atom. The molecule has 0 aromatic heterocycles. The average molecular weight is 391 g/mol. The van der Waals surface area contributed by atoms with Crippen LogP contribution in [0.15, 0.2) is 58.5 Å². The number of rotatable bonds is 10. The highest BCUT2D eigenvalue weighted by Crippen LogP contribution is 2.14. The van der Waals surface area contributed by atoms with Crippen LogP contribution in [-0.2, 0) is 10.1 Å². The van der Waals surface area contributed by atoms with E-state index in [0.717, 1.165) is 30.9 Å². The molecule has 2 aromatic rings. The van der Waals surface area contributed by atoms with Crippen LogP contribution < -0.4 is 10.2 Å². The lowest BCUT2D eigenvalue weighted by Crippen LogP contribution is -2.27. The Morgan fingerprint density at radius 2 is 1.70 bits per heavy atom. The van der Waals surface area contributed by atoms with Gasteiger partial charge in [-0.2, -0.15) is 13.5 Å². The monoisotopic (exact) mass is 391 g/mol. The van der Waals surface area contributed by atoms with Gasteiger partial charge in [-0.15, -0.1) is 0 Å². The SMILES string of the molecule is CCN(CC)CCOc1ccc(/C=N\Nc2ccc(S(=O)(=O)O)cc2)cc1. The van der Waals surface area contributed by atoms with Gasteiger partial charge in [-0.1, -0.05) is 13.8 Å². The molecule has 0 radical (unpaired) electrons. The first-order valence-electron chi connectivity index (χ1n) is 8.74. The number of hydrazone groups is 1. The Kier molecular flexibility index (Phi) is 7.78. The molecule has 0 fully saturated rings. The van der Waals surface area contributed by atoms with E-state index in [1.165, 1.54) is 24.3 Å². The van der Waals surface area contributed by atoms with Crippen molar-refractivity contribution in [2.75, 3.05) is 31.7 Å². The molecule has 7 nitrogen and oxygen atoms in total. The first-order valence-corrected chi connectivity index (χ1v) is 10.2. The van der Waals surface area contributed by atoms with Crippen LogP contribution in [0.25, 0.3) is 0 Å². The summed E-state index contributed by atoms with van der Waals surface area (Å²) in [6, 6.07) is 13.2. The van der Waals surface area contributed by atoms with Crippen molar-refractivity contribution in [1.82, 2.24) is 4.90 Å². The van der Waals surface area contributed by atoms with E-state index >= 15 is 0 Å². The van der Waals surface area contributed by atoms with E-state index in [2.05, 4.69) is 29.3 Å². The van der Waals surface area contributed by atoms with E-state index in [1.807, 2.05) is 24.3 Å². The second-order valence-corrected chi connectivity index (χ2v) is 7.24. The molecule has 0 atom stereocenters. The minimum Gasteiger partial charge on any atom is -0.492 e. The predicted octanol–water partition coefficient (Wildman–Crippen LogP) is 3.10. The first kappa shape index (κ1) is 20.9. The number of hydrogen-bond acceptors (Lipinski definition) is 6. The molecule has 0 heterocycles. The molecule has 0 bridgehead atoms. The fourth-order valence-corrected chi connectivity index (χ4v) is 2.85. The zero-order valence-electron chi connectivity index (χ0n) is 15.5. The standard InChI is InChI=1S/C19H25N3O4S/c1-3-22(4-2)13-14-26-18-9-5-16(6-10-18)15-20-21-17-7-11-19(12-8-17)27(23,24)25/h5-12,15,21H,3-4,13-14H2,1-2H3,(H,23,24,25)/b20-15-. The molecule has 0 saturated carbocycles. The third-order valence-corrected chi connectivity index (χ3v) is 4.88. The van der Waals surface area contributed by atoms with Gasteiger partial charge < -0.3 is 9.64 Å². The molecule has 8 heteroatoms. The number of hydrogen-bond donors (Lipinski definition) is 2. The Balaban J connectivity index is 1.83. The lowest BCUT2D eigenvalue weighted by Gasteiger charge is -2.17. The van der Waals surface area contributed by atoms with Crippen LogP contribution in [0.1, 0.15) is 19.4 Å². The van der Waals surface area contributed by atoms with Gasteiger partial charge in [0.15, 0.2) is 0 Å². The molecule has 0 aliphatic carbocycles. The number of anilines is 1. The summed E-state index contributed by atoms with van der Waals surface area (Å²) >= 11 is 0. The van der Waals surface area contributed by atoms with Crippen LogP contribution >= 0.6 is 0 Å². The maximum Gasteiger partial charge on any atom is 0.294 e. The second kappa shape index (κ2) is 10.1. The van der Waals surface area contributed by atoms with Gasteiger partial charge in [-0.3, -0.25) is 9.98 Å². The zero-order valence-corrected chi connectivity index (χ0v) is 16.3. The highest BCUT2D eigenvalue weighted by molar-refractivity contribution is 7.85. The number of ether oxygens (including phenoxy) is 1. The highest BCUT2D eigenvalue weighted by atomic mass is 32.2. The van der Waals surface area contributed by atoms with Crippen LogP contribution in [0.2, 0.25) is 0 Å². The lowest BCUT2D eigenvalue weighted by molar-refractivity contribution is 0.223. The molecule has 0 amide bonds. The van der Waals surface area contributed by atoms with Gasteiger partial charge in [-0.05, 0) is 67.2 Å². The Bertz CT molecular complexity index is 830. The van der Waals surface area contributed by atoms with Crippen molar-refractivity contribution in [3.8, 4) is 5.75 Å². The quantitative estimate of drug-likeness (QED) is 0.367. The maximum atomic E-state index is 11.0. The fourth-order valence-electron chi connectivity index (χ4n) is 2.37. The summed E-state index contributed by atoms with van der Waals surface area (Å²) < 4.78 is 36.7. The first-order chi connectivity index (χ1) is 12.9. The van der Waals surface area contributed by atoms with E-state index in [9.17, 15) is 8.42 Å². The molecule has 146 valence electrons. The maximum absolute atomic E-state index is 11.0. The summed E-state index contributed by atoms with van der Waals surface area (Å²) in [5, 5.41) is 4.11. The highest BCUT2D eigenvalue weighted by Gasteiger charge is 2.07. The summed E-state index contributed by atoms with van der Waals surface area (Å²) in [4.78, 5) is 2.14. The number of likely N-dealkylation sites (N-methyl/N-ethyl adjacent to an activating group) is 1. The summed E-state index contributed by atoms with van der Waals surface area (Å²) in [5.41, 5.74) is 4.31. The minimum atomic E-state index is -4.18. The smallest absolute Gasteiger partial charge is 0.294 e. The van der Waals surface area contributed by atoms with Crippen LogP contribution in [0.4, 0.5) is 5.69 Å². The summed E-state index contributed by atoms with van der Waals surface area (Å²) in [7, 11) is -4.18. The van der Waals surface area contributed by atoms with Gasteiger partial charge in [0.25, 0.3) is 10.1 Å². The van der Waals surface area contributed by atoms with Gasteiger partial charge in [0.05, 0.1) is 16.8 Å². The molecule has 2 N–H and O–H groups in total. The molecular formula is C19H25N3O4S. The molecule has 0 spiro atoms. The molecular weight excluding hydrogens is 366 g/mol. The van der Waals surface area contributed by atoms with Crippen LogP contribution in [0.3, 0.4) is 0 Å². The zero-order chi connectivity index (χ0) is 19.7. The van der Waals surface area contributed by atoms with Crippen molar-refractivity contribution >= 4 is 22.0 Å². The van der Waals surface area contributed by atoms with Gasteiger partial charge >= 0.3 is 0 Å². The Morgan fingerprint density at radius 1 is 1.07 bits per heavy atom. The minimum absolute atomic E-state index is 0.159. The van der Waals surface area contributed by atoms with Gasteiger partial charge in [-0.25, -0.2) is 0 Å². The normalized spacial score (nSPS) is 11.9. The van der Waals surface area contributed by atoms with E-state index in [0.29, 0.717) is 12.3 Å². The van der Waals surface area contributed by atoms with Crippen molar-refractivity contribution in [3.63, 3.8) is 0 Å². The van der Waals surface area contributed by atoms with Gasteiger partial charge in [0.1, 0.15) is 12.4 Å². The van der Waals surface area contributed by atoms with Crippen molar-refractivity contribution in [3.05, 3.63) is 54.1 Å². The second-order valence-electron chi connectivity index (χ2n) is 5.81. The largest absolute Gasteiger partial charge is 0.492 e. The van der Waals surface area contributed by atoms with Crippen LogP contribution in [0.5, 0.6) is 5.75 Å².